The van der Waals surface area contributed by atoms with Crippen molar-refractivity contribution in [2.75, 3.05) is 19.8 Å². The van der Waals surface area contributed by atoms with Gasteiger partial charge >= 0.3 is 0 Å². The van der Waals surface area contributed by atoms with Crippen LogP contribution in [0, 0.1) is 5.92 Å². The maximum absolute atomic E-state index is 8.55. The molecule has 0 unspecified atom stereocenters. The third-order valence-corrected chi connectivity index (χ3v) is 1.87. The van der Waals surface area contributed by atoms with Crippen LogP contribution in [-0.2, 0) is 0 Å². The molecular weight excluding hydrogens is 142 g/mol. The molecular formula is C8H19NO2. The molecule has 3 nitrogen and oxygen atoms in total. The van der Waals surface area contributed by atoms with Gasteiger partial charge in [0.05, 0.1) is 0 Å². The Hall–Kier alpha value is -0.120. The molecule has 0 saturated heterocycles. The van der Waals surface area contributed by atoms with Gasteiger partial charge in [0, 0.05) is 13.2 Å². The SMILES string of the molecule is NCC(CCCO)CCCO. The Morgan fingerprint density at radius 1 is 1.00 bits per heavy atom. The zero-order chi connectivity index (χ0) is 8.53. The fourth-order valence-electron chi connectivity index (χ4n) is 1.14. The second-order valence-electron chi connectivity index (χ2n) is 2.83. The first kappa shape index (κ1) is 10.9. The van der Waals surface area contributed by atoms with E-state index in [1.807, 2.05) is 0 Å². The standard InChI is InChI=1S/C8H19NO2/c9-7-8(3-1-5-10)4-2-6-11/h8,10-11H,1-7,9H2. The molecule has 0 rings (SSSR count). The predicted octanol–water partition coefficient (Wildman–Crippen LogP) is 0.106. The highest BCUT2D eigenvalue weighted by Crippen LogP contribution is 2.10. The molecule has 0 fully saturated rings. The Labute approximate surface area is 68.2 Å². The van der Waals surface area contributed by atoms with Crippen molar-refractivity contribution in [3.63, 3.8) is 0 Å². The largest absolute Gasteiger partial charge is 0.396 e. The Morgan fingerprint density at radius 2 is 1.45 bits per heavy atom. The fraction of sp³-hybridized carbons (Fsp3) is 1.00. The molecule has 0 bridgehead atoms. The van der Waals surface area contributed by atoms with Gasteiger partial charge in [-0.2, -0.15) is 0 Å². The van der Waals surface area contributed by atoms with E-state index in [1.165, 1.54) is 0 Å². The summed E-state index contributed by atoms with van der Waals surface area (Å²) < 4.78 is 0. The van der Waals surface area contributed by atoms with E-state index >= 15 is 0 Å². The minimum Gasteiger partial charge on any atom is -0.396 e. The maximum Gasteiger partial charge on any atom is 0.0431 e. The molecule has 0 aromatic heterocycles. The molecule has 0 saturated carbocycles. The molecule has 3 heteroatoms. The summed E-state index contributed by atoms with van der Waals surface area (Å²) >= 11 is 0. The minimum absolute atomic E-state index is 0.246. The van der Waals surface area contributed by atoms with Crippen molar-refractivity contribution in [3.05, 3.63) is 0 Å². The third kappa shape index (κ3) is 6.28. The number of hydrogen-bond acceptors (Lipinski definition) is 3. The Morgan fingerprint density at radius 3 is 1.73 bits per heavy atom. The van der Waals surface area contributed by atoms with Crippen molar-refractivity contribution < 1.29 is 10.2 Å². The highest BCUT2D eigenvalue weighted by molar-refractivity contribution is 4.59. The highest BCUT2D eigenvalue weighted by atomic mass is 16.3. The molecule has 0 atom stereocenters. The summed E-state index contributed by atoms with van der Waals surface area (Å²) in [6.45, 7) is 1.16. The lowest BCUT2D eigenvalue weighted by atomic mass is 9.98. The first-order valence-electron chi connectivity index (χ1n) is 4.27. The number of rotatable bonds is 7. The summed E-state index contributed by atoms with van der Waals surface area (Å²) in [5.41, 5.74) is 5.49. The Bertz CT molecular complexity index is 70.5. The summed E-state index contributed by atoms with van der Waals surface area (Å²) in [6.07, 6.45) is 3.61. The van der Waals surface area contributed by atoms with Gasteiger partial charge in [0.25, 0.3) is 0 Å². The minimum atomic E-state index is 0.246. The molecule has 0 heterocycles. The number of nitrogens with two attached hydrogens (primary N) is 1. The van der Waals surface area contributed by atoms with Gasteiger partial charge in [-0.1, -0.05) is 0 Å². The van der Waals surface area contributed by atoms with Gasteiger partial charge in [-0.05, 0) is 38.1 Å². The van der Waals surface area contributed by atoms with Crippen LogP contribution in [0.5, 0.6) is 0 Å². The van der Waals surface area contributed by atoms with Gasteiger partial charge in [0.2, 0.25) is 0 Å². The molecule has 0 aliphatic heterocycles. The van der Waals surface area contributed by atoms with Crippen molar-refractivity contribution in [1.82, 2.24) is 0 Å². The predicted molar refractivity (Wildman–Crippen MR) is 45.2 cm³/mol. The molecule has 4 N–H and O–H groups in total. The fourth-order valence-corrected chi connectivity index (χ4v) is 1.14. The van der Waals surface area contributed by atoms with Crippen LogP contribution in [0.4, 0.5) is 0 Å². The average Bonchev–Trinajstić information content (AvgIpc) is 2.05. The van der Waals surface area contributed by atoms with Gasteiger partial charge in [-0.3, -0.25) is 0 Å². The van der Waals surface area contributed by atoms with E-state index in [-0.39, 0.29) is 13.2 Å². The molecule has 68 valence electrons. The Kier molecular flexibility index (Phi) is 7.89. The second-order valence-corrected chi connectivity index (χ2v) is 2.83. The van der Waals surface area contributed by atoms with E-state index in [0.29, 0.717) is 12.5 Å². The van der Waals surface area contributed by atoms with Crippen molar-refractivity contribution >= 4 is 0 Å². The summed E-state index contributed by atoms with van der Waals surface area (Å²) in [6, 6.07) is 0. The molecule has 0 aromatic rings. The summed E-state index contributed by atoms with van der Waals surface area (Å²) in [4.78, 5) is 0. The van der Waals surface area contributed by atoms with E-state index in [1.54, 1.807) is 0 Å². The summed E-state index contributed by atoms with van der Waals surface area (Å²) in [5.74, 6) is 0.481. The van der Waals surface area contributed by atoms with E-state index < -0.39 is 0 Å². The first-order chi connectivity index (χ1) is 5.35. The molecule has 0 aliphatic rings. The maximum atomic E-state index is 8.55. The van der Waals surface area contributed by atoms with Gasteiger partial charge in [-0.15, -0.1) is 0 Å². The van der Waals surface area contributed by atoms with Crippen LogP contribution in [0.25, 0.3) is 0 Å². The highest BCUT2D eigenvalue weighted by Gasteiger charge is 2.04. The lowest BCUT2D eigenvalue weighted by Crippen LogP contribution is -2.15. The van der Waals surface area contributed by atoms with Crippen LogP contribution in [0.15, 0.2) is 0 Å². The molecule has 0 aromatic carbocycles. The second kappa shape index (κ2) is 7.98. The normalized spacial score (nSPS) is 10.9. The molecule has 0 aliphatic carbocycles. The lowest BCUT2D eigenvalue weighted by Gasteiger charge is -2.12. The van der Waals surface area contributed by atoms with Crippen molar-refractivity contribution in [3.8, 4) is 0 Å². The zero-order valence-electron chi connectivity index (χ0n) is 7.00. The molecule has 0 radical (unpaired) electrons. The third-order valence-electron chi connectivity index (χ3n) is 1.87. The van der Waals surface area contributed by atoms with E-state index in [0.717, 1.165) is 25.7 Å². The average molecular weight is 161 g/mol. The van der Waals surface area contributed by atoms with Crippen molar-refractivity contribution in [2.45, 2.75) is 25.7 Å². The van der Waals surface area contributed by atoms with Crippen molar-refractivity contribution in [1.29, 1.82) is 0 Å². The van der Waals surface area contributed by atoms with Gasteiger partial charge < -0.3 is 15.9 Å². The molecule has 11 heavy (non-hydrogen) atoms. The van der Waals surface area contributed by atoms with E-state index in [4.69, 9.17) is 15.9 Å². The van der Waals surface area contributed by atoms with Crippen LogP contribution in [-0.4, -0.2) is 30.0 Å². The summed E-state index contributed by atoms with van der Waals surface area (Å²) in [5, 5.41) is 17.1. The monoisotopic (exact) mass is 161 g/mol. The number of aliphatic hydroxyl groups is 2. The smallest absolute Gasteiger partial charge is 0.0431 e. The van der Waals surface area contributed by atoms with Crippen LogP contribution in [0.3, 0.4) is 0 Å². The van der Waals surface area contributed by atoms with Crippen molar-refractivity contribution in [2.24, 2.45) is 11.7 Å². The molecule has 0 amide bonds. The van der Waals surface area contributed by atoms with Crippen LogP contribution < -0.4 is 5.73 Å². The first-order valence-corrected chi connectivity index (χ1v) is 4.27. The van der Waals surface area contributed by atoms with Crippen LogP contribution in [0.1, 0.15) is 25.7 Å². The summed E-state index contributed by atoms with van der Waals surface area (Å²) in [7, 11) is 0. The van der Waals surface area contributed by atoms with Gasteiger partial charge in [-0.25, -0.2) is 0 Å². The van der Waals surface area contributed by atoms with Crippen LogP contribution >= 0.6 is 0 Å². The quantitative estimate of drug-likeness (QED) is 0.496. The van der Waals surface area contributed by atoms with E-state index in [2.05, 4.69) is 0 Å². The number of aliphatic hydroxyl groups excluding tert-OH is 2. The van der Waals surface area contributed by atoms with E-state index in [9.17, 15) is 0 Å². The molecule has 0 spiro atoms. The number of hydrogen-bond donors (Lipinski definition) is 3. The van der Waals surface area contributed by atoms with Gasteiger partial charge in [0.1, 0.15) is 0 Å². The topological polar surface area (TPSA) is 66.5 Å². The lowest BCUT2D eigenvalue weighted by molar-refractivity contribution is 0.251. The zero-order valence-corrected chi connectivity index (χ0v) is 7.00. The Balaban J connectivity index is 3.25. The van der Waals surface area contributed by atoms with Gasteiger partial charge in [0.15, 0.2) is 0 Å². The van der Waals surface area contributed by atoms with Crippen LogP contribution in [0.2, 0.25) is 0 Å².